The molecule has 4 heterocycles. The molecule has 0 saturated heterocycles. The lowest BCUT2D eigenvalue weighted by Gasteiger charge is -2.09. The molecule has 11 N–H and O–H groups in total. The lowest BCUT2D eigenvalue weighted by atomic mass is 10.1. The summed E-state index contributed by atoms with van der Waals surface area (Å²) in [6.45, 7) is 0.757. The summed E-state index contributed by atoms with van der Waals surface area (Å²) in [4.78, 5) is 82.5. The minimum Gasteiger partial charge on any atom is -0.508 e. The number of benzene rings is 8. The van der Waals surface area contributed by atoms with E-state index in [4.69, 9.17) is 48.1 Å². The lowest BCUT2D eigenvalue weighted by molar-refractivity contribution is -0.145. The molecule has 0 aliphatic rings. The van der Waals surface area contributed by atoms with Gasteiger partial charge in [0.1, 0.15) is 136 Å². The van der Waals surface area contributed by atoms with Crippen LogP contribution in [0.1, 0.15) is 6.92 Å². The normalized spacial score (nSPS) is 10.6. The molecule has 12 rings (SSSR count). The first-order chi connectivity index (χ1) is 46.4. The maximum atomic E-state index is 12.4. The zero-order chi connectivity index (χ0) is 69.6. The Balaban J connectivity index is 0.000000152. The third-order valence-corrected chi connectivity index (χ3v) is 13.5. The molecule has 26 heteroatoms. The van der Waals surface area contributed by atoms with Crippen LogP contribution in [0.3, 0.4) is 0 Å². The van der Waals surface area contributed by atoms with Gasteiger partial charge in [-0.1, -0.05) is 5.92 Å². The SMILES string of the molecule is C#CCNC(=O)COc1cc(O)c2c(=O)cc(-c3ccc(O)cc3)oc2c1.CCOC(=O)COc1cc(O)c2c(=O)cc(-c3ccc(O)cc3)oc2c1.O=C(O)COc1cc(O)c2c(=O)cc(-c3ccc(O)cc3)oc2c1.O=c1cc(-c2ccc(O)cc2)oc2cc(O)cc(O)c12. The first-order valence-electron chi connectivity index (χ1n) is 28.5. The fourth-order valence-corrected chi connectivity index (χ4v) is 9.15. The molecule has 0 aliphatic heterocycles. The third-order valence-electron chi connectivity index (χ3n) is 13.5. The van der Waals surface area contributed by atoms with E-state index in [1.54, 1.807) is 55.5 Å². The van der Waals surface area contributed by atoms with Crippen LogP contribution in [0.2, 0.25) is 0 Å². The van der Waals surface area contributed by atoms with Gasteiger partial charge in [-0.15, -0.1) is 6.42 Å². The molecule has 0 radical (unpaired) electrons. The van der Waals surface area contributed by atoms with E-state index >= 15 is 0 Å². The summed E-state index contributed by atoms with van der Waals surface area (Å²) >= 11 is 0. The number of hydrogen-bond donors (Lipinski definition) is 11. The fourth-order valence-electron chi connectivity index (χ4n) is 9.15. The van der Waals surface area contributed by atoms with Gasteiger partial charge in [-0.05, 0) is 104 Å². The number of nitrogens with one attached hydrogen (secondary N) is 1. The number of aliphatic carboxylic acids is 1. The Morgan fingerprint density at radius 2 is 0.701 bits per heavy atom. The van der Waals surface area contributed by atoms with Crippen molar-refractivity contribution in [3.63, 3.8) is 0 Å². The number of rotatable bonds is 15. The van der Waals surface area contributed by atoms with Crippen LogP contribution in [-0.2, 0) is 19.1 Å². The number of aromatic hydroxyl groups is 9. The zero-order valence-corrected chi connectivity index (χ0v) is 50.4. The molecule has 0 fully saturated rings. The molecule has 0 bridgehead atoms. The van der Waals surface area contributed by atoms with E-state index in [2.05, 4.69) is 11.2 Å². The minimum atomic E-state index is -1.17. The summed E-state index contributed by atoms with van der Waals surface area (Å²) in [6, 6.07) is 39.6. The monoisotopic (exact) mass is 1320 g/mol. The van der Waals surface area contributed by atoms with Crippen molar-refractivity contribution < 1.29 is 102 Å². The second-order valence-corrected chi connectivity index (χ2v) is 20.4. The van der Waals surface area contributed by atoms with Crippen molar-refractivity contribution in [1.82, 2.24) is 5.32 Å². The van der Waals surface area contributed by atoms with E-state index < -0.39 is 46.2 Å². The number of esters is 1. The van der Waals surface area contributed by atoms with Gasteiger partial charge in [-0.25, -0.2) is 9.59 Å². The summed E-state index contributed by atoms with van der Waals surface area (Å²) in [5.74, 6) is 0.381. The molecule has 26 nitrogen and oxygen atoms in total. The Labute approximate surface area is 544 Å². The lowest BCUT2D eigenvalue weighted by Crippen LogP contribution is -2.29. The Kier molecular flexibility index (Phi) is 20.9. The Bertz CT molecular complexity index is 5220. The molecule has 0 unspecified atom stereocenters. The number of amides is 1. The first-order valence-corrected chi connectivity index (χ1v) is 28.5. The second kappa shape index (κ2) is 30.1. The highest BCUT2D eigenvalue weighted by molar-refractivity contribution is 5.89. The van der Waals surface area contributed by atoms with Crippen LogP contribution in [0.15, 0.2) is 207 Å². The van der Waals surface area contributed by atoms with E-state index in [0.717, 1.165) is 12.1 Å². The molecule has 0 saturated carbocycles. The van der Waals surface area contributed by atoms with Crippen molar-refractivity contribution in [3.8, 4) is 127 Å². The van der Waals surface area contributed by atoms with Crippen LogP contribution in [0.25, 0.3) is 89.2 Å². The highest BCUT2D eigenvalue weighted by Gasteiger charge is 2.19. The summed E-state index contributed by atoms with van der Waals surface area (Å²) in [5, 5.41) is 97.7. The number of carboxylic acid groups (broad SMARTS) is 1. The standard InChI is InChI=1S/C20H15NO6.C19H16O7.C17H12O7.C15H10O5/c1-2-7-21-19(25)11-26-14-8-15(23)20-16(24)10-17(27-18(20)9-14)12-3-5-13(22)6-4-12;1-2-24-18(23)10-25-13-7-14(21)19-15(22)9-16(26-17(19)8-13)11-3-5-12(20)6-4-11;18-10-3-1-9(2-4-10)14-7-13(20)17-12(19)5-11(6-15(17)24-14)23-8-16(21)22;16-9-3-1-8(2-4-9)13-7-12(19)15-11(18)5-10(17)6-14(15)20-13/h1,3-6,8-10,22-23H,7,11H2,(H,21,25);3-9,20-21H,2,10H2,1H3;1-7,18-19H,8H2,(H,21,22);1-7,16-18H. The van der Waals surface area contributed by atoms with Gasteiger partial charge in [0.25, 0.3) is 5.91 Å². The number of hydrogen-bond acceptors (Lipinski definition) is 24. The number of fused-ring (bicyclic) bond motifs is 4. The molecule has 12 aromatic rings. The van der Waals surface area contributed by atoms with E-state index in [1.165, 1.54) is 109 Å². The largest absolute Gasteiger partial charge is 0.508 e. The van der Waals surface area contributed by atoms with E-state index in [9.17, 15) is 79.5 Å². The van der Waals surface area contributed by atoms with Gasteiger partial charge >= 0.3 is 11.9 Å². The second-order valence-electron chi connectivity index (χ2n) is 20.4. The zero-order valence-electron chi connectivity index (χ0n) is 50.4. The van der Waals surface area contributed by atoms with Crippen LogP contribution in [0, 0.1) is 12.3 Å². The summed E-state index contributed by atoms with van der Waals surface area (Å²) in [7, 11) is 0. The molecule has 0 aliphatic carbocycles. The van der Waals surface area contributed by atoms with Gasteiger partial charge in [0.15, 0.2) is 41.5 Å². The fraction of sp³-hybridized carbons (Fsp3) is 0.0845. The van der Waals surface area contributed by atoms with Gasteiger partial charge in [-0.3, -0.25) is 24.0 Å². The number of phenols is 9. The van der Waals surface area contributed by atoms with Crippen molar-refractivity contribution >= 4 is 61.7 Å². The van der Waals surface area contributed by atoms with Crippen molar-refractivity contribution in [2.75, 3.05) is 33.0 Å². The number of carbonyl (C=O) groups is 3. The smallest absolute Gasteiger partial charge is 0.344 e. The Morgan fingerprint density at radius 3 is 1.01 bits per heavy atom. The predicted molar refractivity (Wildman–Crippen MR) is 349 cm³/mol. The van der Waals surface area contributed by atoms with E-state index in [1.807, 2.05) is 0 Å². The van der Waals surface area contributed by atoms with Crippen molar-refractivity contribution in [3.05, 3.63) is 211 Å². The van der Waals surface area contributed by atoms with Gasteiger partial charge in [0.05, 0.1) is 13.2 Å². The highest BCUT2D eigenvalue weighted by Crippen LogP contribution is 2.36. The van der Waals surface area contributed by atoms with Crippen molar-refractivity contribution in [2.24, 2.45) is 0 Å². The van der Waals surface area contributed by atoms with Gasteiger partial charge in [-0.2, -0.15) is 0 Å². The number of carboxylic acids is 1. The minimum absolute atomic E-state index is 0.00154. The number of ether oxygens (including phenoxy) is 4. The molecule has 0 spiro atoms. The summed E-state index contributed by atoms with van der Waals surface area (Å²) in [5.41, 5.74) is 0.957. The molecule has 97 heavy (non-hydrogen) atoms. The maximum absolute atomic E-state index is 12.4. The topological polar surface area (TPSA) is 423 Å². The number of terminal acetylenes is 1. The molecular weight excluding hydrogens is 1270 g/mol. The van der Waals surface area contributed by atoms with Crippen molar-refractivity contribution in [2.45, 2.75) is 6.92 Å². The summed E-state index contributed by atoms with van der Waals surface area (Å²) < 4.78 is 42.9. The quantitative estimate of drug-likeness (QED) is 0.0336. The van der Waals surface area contributed by atoms with Gasteiger partial charge in [0.2, 0.25) is 0 Å². The molecule has 4 aromatic heterocycles. The number of carbonyl (C=O) groups excluding carboxylic acids is 2. The predicted octanol–water partition coefficient (Wildman–Crippen LogP) is 9.72. The average molecular weight is 1320 g/mol. The van der Waals surface area contributed by atoms with Crippen LogP contribution in [0.4, 0.5) is 0 Å². The van der Waals surface area contributed by atoms with Gasteiger partial charge < -0.3 is 93.0 Å². The first kappa shape index (κ1) is 67.6. The van der Waals surface area contributed by atoms with Crippen LogP contribution in [0.5, 0.6) is 69.0 Å². The molecule has 8 aromatic carbocycles. The third kappa shape index (κ3) is 17.0. The van der Waals surface area contributed by atoms with Crippen LogP contribution >= 0.6 is 0 Å². The molecule has 1 amide bonds. The Hall–Kier alpha value is -13.8. The average Bonchev–Trinajstić information content (AvgIpc) is 0.839. The van der Waals surface area contributed by atoms with Crippen molar-refractivity contribution in [1.29, 1.82) is 0 Å². The van der Waals surface area contributed by atoms with E-state index in [-0.39, 0.29) is 162 Å². The highest BCUT2D eigenvalue weighted by atomic mass is 16.6. The molecule has 492 valence electrons. The van der Waals surface area contributed by atoms with Crippen LogP contribution in [-0.4, -0.2) is 102 Å². The van der Waals surface area contributed by atoms with Gasteiger partial charge in [0, 0.05) is 95.1 Å². The maximum Gasteiger partial charge on any atom is 0.344 e. The Morgan fingerprint density at radius 1 is 0.402 bits per heavy atom. The van der Waals surface area contributed by atoms with Crippen LogP contribution < -0.4 is 41.2 Å². The molecule has 0 atom stereocenters. The number of phenolic OH excluding ortho intramolecular Hbond substituents is 9. The summed E-state index contributed by atoms with van der Waals surface area (Å²) in [6.07, 6.45) is 5.06. The molecular formula is C71H53NO25. The van der Waals surface area contributed by atoms with E-state index in [0.29, 0.717) is 22.3 Å².